The summed E-state index contributed by atoms with van der Waals surface area (Å²) in [5.41, 5.74) is 1.68. The van der Waals surface area contributed by atoms with Crippen molar-refractivity contribution < 1.29 is 4.79 Å². The molecule has 110 valence electrons. The summed E-state index contributed by atoms with van der Waals surface area (Å²) in [6.07, 6.45) is 5.29. The minimum atomic E-state index is -0.180. The highest BCUT2D eigenvalue weighted by molar-refractivity contribution is 9.10. The van der Waals surface area contributed by atoms with Crippen LogP contribution in [-0.4, -0.2) is 20.7 Å². The van der Waals surface area contributed by atoms with Gasteiger partial charge in [0.1, 0.15) is 5.82 Å². The van der Waals surface area contributed by atoms with Crippen LogP contribution in [0.25, 0.3) is 0 Å². The van der Waals surface area contributed by atoms with Crippen LogP contribution in [0, 0.1) is 0 Å². The van der Waals surface area contributed by atoms with Crippen LogP contribution >= 0.6 is 15.9 Å². The molecule has 0 unspecified atom stereocenters. The highest BCUT2D eigenvalue weighted by atomic mass is 79.9. The van der Waals surface area contributed by atoms with Crippen molar-refractivity contribution in [3.63, 3.8) is 0 Å². The van der Waals surface area contributed by atoms with Crippen molar-refractivity contribution in [2.75, 3.05) is 5.32 Å². The summed E-state index contributed by atoms with van der Waals surface area (Å²) in [6, 6.07) is 12.9. The van der Waals surface area contributed by atoms with E-state index in [0.29, 0.717) is 17.9 Å². The molecule has 0 aliphatic rings. The van der Waals surface area contributed by atoms with Crippen molar-refractivity contribution in [3.05, 3.63) is 76.7 Å². The molecular weight excluding hydrogens is 344 g/mol. The fourth-order valence-corrected chi connectivity index (χ4v) is 2.22. The number of rotatable bonds is 4. The van der Waals surface area contributed by atoms with E-state index in [1.54, 1.807) is 30.6 Å². The Hall–Kier alpha value is -2.47. The summed E-state index contributed by atoms with van der Waals surface area (Å²) in [5.74, 6) is 0.342. The van der Waals surface area contributed by atoms with Gasteiger partial charge in [-0.1, -0.05) is 12.1 Å². The van der Waals surface area contributed by atoms with Gasteiger partial charge in [-0.05, 0) is 51.8 Å². The summed E-state index contributed by atoms with van der Waals surface area (Å²) in [7, 11) is 0. The Balaban J connectivity index is 1.66. The van der Waals surface area contributed by atoms with Gasteiger partial charge in [0.15, 0.2) is 0 Å². The molecule has 0 spiro atoms. The van der Waals surface area contributed by atoms with Crippen LogP contribution in [0.3, 0.4) is 0 Å². The van der Waals surface area contributed by atoms with Gasteiger partial charge < -0.3 is 5.32 Å². The number of nitrogens with one attached hydrogen (secondary N) is 1. The van der Waals surface area contributed by atoms with Gasteiger partial charge in [-0.3, -0.25) is 9.48 Å². The molecule has 0 aliphatic carbocycles. The molecule has 0 atom stereocenters. The highest BCUT2D eigenvalue weighted by Crippen LogP contribution is 2.12. The third-order valence-corrected chi connectivity index (χ3v) is 3.56. The van der Waals surface area contributed by atoms with E-state index in [9.17, 15) is 4.79 Å². The molecule has 1 aromatic carbocycles. The molecule has 3 rings (SSSR count). The molecule has 0 aliphatic heterocycles. The fourth-order valence-electron chi connectivity index (χ4n) is 1.98. The number of anilines is 1. The molecule has 1 N–H and O–H groups in total. The minimum Gasteiger partial charge on any atom is -0.307 e. The Labute approximate surface area is 136 Å². The first kappa shape index (κ1) is 14.5. The fraction of sp³-hybridized carbons (Fsp3) is 0.0625. The number of hydrogen-bond acceptors (Lipinski definition) is 3. The zero-order chi connectivity index (χ0) is 15.4. The molecule has 6 heteroatoms. The van der Waals surface area contributed by atoms with E-state index in [0.717, 1.165) is 10.0 Å². The van der Waals surface area contributed by atoms with Crippen molar-refractivity contribution in [3.8, 4) is 0 Å². The minimum absolute atomic E-state index is 0.180. The van der Waals surface area contributed by atoms with E-state index >= 15 is 0 Å². The average Bonchev–Trinajstić information content (AvgIpc) is 3.03. The number of halogens is 1. The standard InChI is InChI=1S/C16H13BrN4O/c17-14-6-7-15(18-10-14)20-16(22)13-4-2-12(3-5-13)11-21-9-1-8-19-21/h1-10H,11H2,(H,18,20,22). The van der Waals surface area contributed by atoms with Gasteiger partial charge in [-0.15, -0.1) is 0 Å². The molecule has 0 saturated heterocycles. The van der Waals surface area contributed by atoms with Crippen LogP contribution in [0.2, 0.25) is 0 Å². The zero-order valence-electron chi connectivity index (χ0n) is 11.6. The van der Waals surface area contributed by atoms with Gasteiger partial charge in [0.25, 0.3) is 5.91 Å². The number of hydrogen-bond donors (Lipinski definition) is 1. The quantitative estimate of drug-likeness (QED) is 0.779. The molecule has 1 amide bonds. The third-order valence-electron chi connectivity index (χ3n) is 3.09. The average molecular weight is 357 g/mol. The van der Waals surface area contributed by atoms with E-state index in [-0.39, 0.29) is 5.91 Å². The van der Waals surface area contributed by atoms with Crippen LogP contribution < -0.4 is 5.32 Å². The largest absolute Gasteiger partial charge is 0.307 e. The zero-order valence-corrected chi connectivity index (χ0v) is 13.2. The Kier molecular flexibility index (Phi) is 4.29. The van der Waals surface area contributed by atoms with Gasteiger partial charge in [0.2, 0.25) is 0 Å². The van der Waals surface area contributed by atoms with Gasteiger partial charge in [-0.25, -0.2) is 4.98 Å². The number of pyridine rings is 1. The normalized spacial score (nSPS) is 10.4. The predicted molar refractivity (Wildman–Crippen MR) is 87.7 cm³/mol. The van der Waals surface area contributed by atoms with E-state index < -0.39 is 0 Å². The maximum absolute atomic E-state index is 12.1. The van der Waals surface area contributed by atoms with Gasteiger partial charge in [-0.2, -0.15) is 5.10 Å². The van der Waals surface area contributed by atoms with Crippen molar-refractivity contribution in [1.82, 2.24) is 14.8 Å². The second kappa shape index (κ2) is 6.53. The second-order valence-electron chi connectivity index (χ2n) is 4.72. The number of carbonyl (C=O) groups is 1. The molecular formula is C16H13BrN4O. The van der Waals surface area contributed by atoms with Crippen molar-refractivity contribution >= 4 is 27.7 Å². The molecule has 22 heavy (non-hydrogen) atoms. The second-order valence-corrected chi connectivity index (χ2v) is 5.63. The topological polar surface area (TPSA) is 59.8 Å². The molecule has 0 saturated carbocycles. The SMILES string of the molecule is O=C(Nc1ccc(Br)cn1)c1ccc(Cn2cccn2)cc1. The summed E-state index contributed by atoms with van der Waals surface area (Å²) in [6.45, 7) is 0.684. The molecule has 0 radical (unpaired) electrons. The Morgan fingerprint density at radius 3 is 2.64 bits per heavy atom. The first-order valence-electron chi connectivity index (χ1n) is 6.70. The molecule has 2 heterocycles. The van der Waals surface area contributed by atoms with Crippen LogP contribution in [0.15, 0.2) is 65.5 Å². The highest BCUT2D eigenvalue weighted by Gasteiger charge is 2.07. The molecule has 0 bridgehead atoms. The number of aromatic nitrogens is 3. The molecule has 0 fully saturated rings. The summed E-state index contributed by atoms with van der Waals surface area (Å²) >= 11 is 3.31. The predicted octanol–water partition coefficient (Wildman–Crippen LogP) is 3.34. The summed E-state index contributed by atoms with van der Waals surface area (Å²) in [5, 5.41) is 6.92. The van der Waals surface area contributed by atoms with Crippen molar-refractivity contribution in [2.24, 2.45) is 0 Å². The van der Waals surface area contributed by atoms with Crippen LogP contribution in [-0.2, 0) is 6.54 Å². The molecule has 2 aromatic heterocycles. The van der Waals surface area contributed by atoms with Crippen LogP contribution in [0.4, 0.5) is 5.82 Å². The molecule has 5 nitrogen and oxygen atoms in total. The Morgan fingerprint density at radius 1 is 1.18 bits per heavy atom. The van der Waals surface area contributed by atoms with E-state index in [1.165, 1.54) is 0 Å². The van der Waals surface area contributed by atoms with E-state index in [2.05, 4.69) is 31.3 Å². The first-order valence-corrected chi connectivity index (χ1v) is 7.49. The van der Waals surface area contributed by atoms with Crippen molar-refractivity contribution in [1.29, 1.82) is 0 Å². The van der Waals surface area contributed by atoms with Crippen LogP contribution in [0.1, 0.15) is 15.9 Å². The lowest BCUT2D eigenvalue weighted by Crippen LogP contribution is -2.13. The van der Waals surface area contributed by atoms with E-state index in [1.807, 2.05) is 35.1 Å². The van der Waals surface area contributed by atoms with Gasteiger partial charge in [0.05, 0.1) is 6.54 Å². The summed E-state index contributed by atoms with van der Waals surface area (Å²) in [4.78, 5) is 16.3. The lowest BCUT2D eigenvalue weighted by Gasteiger charge is -2.06. The number of carbonyl (C=O) groups excluding carboxylic acids is 1. The van der Waals surface area contributed by atoms with E-state index in [4.69, 9.17) is 0 Å². The number of amides is 1. The van der Waals surface area contributed by atoms with Crippen molar-refractivity contribution in [2.45, 2.75) is 6.54 Å². The lowest BCUT2D eigenvalue weighted by atomic mass is 10.1. The first-order chi connectivity index (χ1) is 10.7. The molecule has 3 aromatic rings. The number of benzene rings is 1. The smallest absolute Gasteiger partial charge is 0.256 e. The Morgan fingerprint density at radius 2 is 2.00 bits per heavy atom. The summed E-state index contributed by atoms with van der Waals surface area (Å²) < 4.78 is 2.70. The monoisotopic (exact) mass is 356 g/mol. The van der Waals surface area contributed by atoms with Crippen LogP contribution in [0.5, 0.6) is 0 Å². The Bertz CT molecular complexity index is 752. The van der Waals surface area contributed by atoms with Gasteiger partial charge in [0, 0.05) is 28.6 Å². The third kappa shape index (κ3) is 3.59. The lowest BCUT2D eigenvalue weighted by molar-refractivity contribution is 0.102. The maximum atomic E-state index is 12.1. The number of nitrogens with zero attached hydrogens (tertiary/aromatic N) is 3. The maximum Gasteiger partial charge on any atom is 0.256 e. The van der Waals surface area contributed by atoms with Gasteiger partial charge >= 0.3 is 0 Å².